The molecule has 0 aromatic heterocycles. The maximum absolute atomic E-state index is 13.1. The molecule has 1 aliphatic heterocycles. The minimum absolute atomic E-state index is 0.0629. The SMILES string of the molecule is O=[N+]([O-])c1cc(N2CCC(F)(F)CC2)cc(C(F)(F)F)c1. The zero-order valence-corrected chi connectivity index (χ0v) is 10.7. The summed E-state index contributed by atoms with van der Waals surface area (Å²) in [6, 6.07) is 2.15. The third-order valence-corrected chi connectivity index (χ3v) is 3.30. The van der Waals surface area contributed by atoms with Gasteiger partial charge in [-0.05, 0) is 6.07 Å². The highest BCUT2D eigenvalue weighted by Crippen LogP contribution is 2.37. The quantitative estimate of drug-likeness (QED) is 0.473. The van der Waals surface area contributed by atoms with Crippen LogP contribution in [0.15, 0.2) is 18.2 Å². The van der Waals surface area contributed by atoms with Crippen molar-refractivity contribution < 1.29 is 26.9 Å². The molecule has 1 aromatic rings. The van der Waals surface area contributed by atoms with Crippen molar-refractivity contribution in [3.05, 3.63) is 33.9 Å². The molecule has 0 saturated carbocycles. The van der Waals surface area contributed by atoms with Crippen LogP contribution < -0.4 is 4.90 Å². The predicted octanol–water partition coefficient (Wildman–Crippen LogP) is 3.85. The van der Waals surface area contributed by atoms with Crippen molar-refractivity contribution >= 4 is 11.4 Å². The minimum Gasteiger partial charge on any atom is -0.371 e. The molecular weight excluding hydrogens is 299 g/mol. The molecule has 1 heterocycles. The van der Waals surface area contributed by atoms with Gasteiger partial charge in [0.25, 0.3) is 11.6 Å². The zero-order chi connectivity index (χ0) is 15.8. The molecule has 1 saturated heterocycles. The van der Waals surface area contributed by atoms with E-state index in [0.29, 0.717) is 6.07 Å². The van der Waals surface area contributed by atoms with Gasteiger partial charge >= 0.3 is 6.18 Å². The van der Waals surface area contributed by atoms with Gasteiger partial charge in [-0.25, -0.2) is 8.78 Å². The number of anilines is 1. The van der Waals surface area contributed by atoms with Crippen molar-refractivity contribution in [2.75, 3.05) is 18.0 Å². The van der Waals surface area contributed by atoms with Crippen LogP contribution in [0.5, 0.6) is 0 Å². The zero-order valence-electron chi connectivity index (χ0n) is 10.7. The number of non-ortho nitro benzene ring substituents is 1. The van der Waals surface area contributed by atoms with Gasteiger partial charge in [0.15, 0.2) is 0 Å². The lowest BCUT2D eigenvalue weighted by Gasteiger charge is -2.33. The van der Waals surface area contributed by atoms with E-state index in [1.165, 1.54) is 4.90 Å². The van der Waals surface area contributed by atoms with Gasteiger partial charge in [0.2, 0.25) is 0 Å². The fourth-order valence-corrected chi connectivity index (χ4v) is 2.14. The Balaban J connectivity index is 2.35. The Morgan fingerprint density at radius 3 is 2.19 bits per heavy atom. The van der Waals surface area contributed by atoms with Crippen LogP contribution in [-0.4, -0.2) is 23.9 Å². The summed E-state index contributed by atoms with van der Waals surface area (Å²) in [5.41, 5.74) is -1.94. The average Bonchev–Trinajstić information content (AvgIpc) is 2.37. The highest BCUT2D eigenvalue weighted by molar-refractivity contribution is 5.56. The Morgan fingerprint density at radius 2 is 1.71 bits per heavy atom. The van der Waals surface area contributed by atoms with Crippen LogP contribution in [0.4, 0.5) is 33.3 Å². The van der Waals surface area contributed by atoms with Crippen molar-refractivity contribution in [3.63, 3.8) is 0 Å². The van der Waals surface area contributed by atoms with E-state index in [1.807, 2.05) is 0 Å². The third-order valence-electron chi connectivity index (χ3n) is 3.30. The van der Waals surface area contributed by atoms with Crippen LogP contribution in [0, 0.1) is 10.1 Å². The smallest absolute Gasteiger partial charge is 0.371 e. The summed E-state index contributed by atoms with van der Waals surface area (Å²) in [7, 11) is 0. The van der Waals surface area contributed by atoms with E-state index in [9.17, 15) is 32.1 Å². The number of halogens is 5. The van der Waals surface area contributed by atoms with Crippen LogP contribution in [0.3, 0.4) is 0 Å². The van der Waals surface area contributed by atoms with Gasteiger partial charge in [0.1, 0.15) is 0 Å². The van der Waals surface area contributed by atoms with Gasteiger partial charge in [-0.3, -0.25) is 10.1 Å². The molecule has 0 aliphatic carbocycles. The van der Waals surface area contributed by atoms with Crippen LogP contribution in [0.1, 0.15) is 18.4 Å². The van der Waals surface area contributed by atoms with Crippen LogP contribution >= 0.6 is 0 Å². The predicted molar refractivity (Wildman–Crippen MR) is 64.5 cm³/mol. The van der Waals surface area contributed by atoms with Crippen molar-refractivity contribution in [2.24, 2.45) is 0 Å². The molecule has 0 bridgehead atoms. The Bertz CT molecular complexity index is 549. The summed E-state index contributed by atoms with van der Waals surface area (Å²) in [6.45, 7) is -0.295. The summed E-state index contributed by atoms with van der Waals surface area (Å²) in [5.74, 6) is -2.84. The molecule has 1 aliphatic rings. The second-order valence-corrected chi connectivity index (χ2v) is 4.84. The Labute approximate surface area is 116 Å². The van der Waals surface area contributed by atoms with Gasteiger partial charge < -0.3 is 4.90 Å². The number of nitro groups is 1. The molecule has 0 N–H and O–H groups in total. The molecular formula is C12H11F5N2O2. The van der Waals surface area contributed by atoms with Gasteiger partial charge in [0, 0.05) is 43.8 Å². The highest BCUT2D eigenvalue weighted by atomic mass is 19.4. The lowest BCUT2D eigenvalue weighted by atomic mass is 10.0. The Kier molecular flexibility index (Phi) is 3.77. The first-order valence-corrected chi connectivity index (χ1v) is 6.08. The van der Waals surface area contributed by atoms with E-state index in [0.717, 1.165) is 12.1 Å². The fourth-order valence-electron chi connectivity index (χ4n) is 2.14. The van der Waals surface area contributed by atoms with E-state index in [2.05, 4.69) is 0 Å². The van der Waals surface area contributed by atoms with Crippen LogP contribution in [-0.2, 0) is 6.18 Å². The second kappa shape index (κ2) is 5.12. The summed E-state index contributed by atoms with van der Waals surface area (Å²) in [5, 5.41) is 10.7. The first-order valence-electron chi connectivity index (χ1n) is 6.08. The fraction of sp³-hybridized carbons (Fsp3) is 0.500. The van der Waals surface area contributed by atoms with E-state index >= 15 is 0 Å². The third kappa shape index (κ3) is 3.59. The number of rotatable bonds is 2. The highest BCUT2D eigenvalue weighted by Gasteiger charge is 2.36. The molecule has 1 fully saturated rings. The molecule has 0 unspecified atom stereocenters. The van der Waals surface area contributed by atoms with Crippen molar-refractivity contribution in [3.8, 4) is 0 Å². The normalized spacial score (nSPS) is 18.6. The van der Waals surface area contributed by atoms with Crippen molar-refractivity contribution in [1.29, 1.82) is 0 Å². The van der Waals surface area contributed by atoms with Crippen molar-refractivity contribution in [2.45, 2.75) is 24.9 Å². The first kappa shape index (κ1) is 15.5. The monoisotopic (exact) mass is 310 g/mol. The number of piperidine rings is 1. The van der Waals surface area contributed by atoms with Gasteiger partial charge in [-0.15, -0.1) is 0 Å². The topological polar surface area (TPSA) is 46.4 Å². The molecule has 0 spiro atoms. The molecule has 9 heteroatoms. The van der Waals surface area contributed by atoms with Gasteiger partial charge in [-0.1, -0.05) is 0 Å². The van der Waals surface area contributed by atoms with E-state index in [1.54, 1.807) is 0 Å². The number of nitrogens with zero attached hydrogens (tertiary/aromatic N) is 2. The lowest BCUT2D eigenvalue weighted by molar-refractivity contribution is -0.385. The Morgan fingerprint density at radius 1 is 1.14 bits per heavy atom. The average molecular weight is 310 g/mol. The molecule has 116 valence electrons. The molecule has 21 heavy (non-hydrogen) atoms. The molecule has 4 nitrogen and oxygen atoms in total. The number of hydrogen-bond donors (Lipinski definition) is 0. The minimum atomic E-state index is -4.74. The first-order chi connectivity index (χ1) is 9.58. The van der Waals surface area contributed by atoms with Crippen molar-refractivity contribution in [1.82, 2.24) is 0 Å². The lowest BCUT2D eigenvalue weighted by Crippen LogP contribution is -2.39. The maximum atomic E-state index is 13.1. The summed E-state index contributed by atoms with van der Waals surface area (Å²) >= 11 is 0. The number of benzene rings is 1. The van der Waals surface area contributed by atoms with Gasteiger partial charge in [-0.2, -0.15) is 13.2 Å². The van der Waals surface area contributed by atoms with Crippen LogP contribution in [0.2, 0.25) is 0 Å². The Hall–Kier alpha value is -1.93. The molecule has 2 rings (SSSR count). The number of alkyl halides is 5. The molecule has 0 atom stereocenters. The standard InChI is InChI=1S/C12H11F5N2O2/c13-11(14)1-3-18(4-2-11)9-5-8(12(15,16)17)6-10(7-9)19(20)21/h5-7H,1-4H2. The summed E-state index contributed by atoms with van der Waals surface area (Å²) in [4.78, 5) is 11.1. The maximum Gasteiger partial charge on any atom is 0.416 e. The van der Waals surface area contributed by atoms with Crippen LogP contribution in [0.25, 0.3) is 0 Å². The van der Waals surface area contributed by atoms with Gasteiger partial charge in [0.05, 0.1) is 10.5 Å². The molecule has 0 radical (unpaired) electrons. The molecule has 1 aromatic carbocycles. The second-order valence-electron chi connectivity index (χ2n) is 4.84. The van der Waals surface area contributed by atoms with E-state index in [-0.39, 0.29) is 18.8 Å². The summed E-state index contributed by atoms with van der Waals surface area (Å²) in [6.07, 6.45) is -5.71. The number of hydrogen-bond acceptors (Lipinski definition) is 3. The molecule has 0 amide bonds. The summed E-state index contributed by atoms with van der Waals surface area (Å²) < 4.78 is 64.3. The number of nitro benzene ring substituents is 1. The van der Waals surface area contributed by atoms with E-state index < -0.39 is 41.1 Å². The largest absolute Gasteiger partial charge is 0.416 e. The van der Waals surface area contributed by atoms with E-state index in [4.69, 9.17) is 0 Å².